The molecular weight excluding hydrogens is 294 g/mol. The number of nitrogens with zero attached hydrogens (tertiary/aromatic N) is 2. The monoisotopic (exact) mass is 305 g/mol. The molecule has 0 amide bonds. The Morgan fingerprint density at radius 1 is 1.33 bits per heavy atom. The van der Waals surface area contributed by atoms with Gasteiger partial charge in [-0.25, -0.2) is 0 Å². The van der Waals surface area contributed by atoms with E-state index < -0.39 is 0 Å². The van der Waals surface area contributed by atoms with Crippen LogP contribution in [0.5, 0.6) is 11.5 Å². The highest BCUT2D eigenvalue weighted by molar-refractivity contribution is 6.32. The number of nitrogens with two attached hydrogens (primary N) is 1. The van der Waals surface area contributed by atoms with Crippen molar-refractivity contribution in [2.45, 2.75) is 6.92 Å². The molecule has 2 aromatic rings. The summed E-state index contributed by atoms with van der Waals surface area (Å²) in [5.41, 5.74) is 6.95. The first-order valence-electron chi connectivity index (χ1n) is 6.17. The summed E-state index contributed by atoms with van der Waals surface area (Å²) in [5, 5.41) is 4.51. The molecule has 0 saturated carbocycles. The molecule has 1 aliphatic rings. The maximum absolute atomic E-state index is 11.8. The Morgan fingerprint density at radius 2 is 2.14 bits per heavy atom. The summed E-state index contributed by atoms with van der Waals surface area (Å²) in [6.45, 7) is 1.93. The molecule has 2 heterocycles. The van der Waals surface area contributed by atoms with E-state index in [1.807, 2.05) is 0 Å². The Bertz CT molecular complexity index is 799. The van der Waals surface area contributed by atoms with Gasteiger partial charge in [-0.05, 0) is 36.2 Å². The van der Waals surface area contributed by atoms with Crippen molar-refractivity contribution >= 4 is 23.6 Å². The van der Waals surface area contributed by atoms with Gasteiger partial charge in [-0.1, -0.05) is 11.6 Å². The maximum atomic E-state index is 11.8. The number of nitrogen functional groups attached to an aromatic ring is 1. The summed E-state index contributed by atoms with van der Waals surface area (Å²) in [4.78, 5) is 11.8. The molecule has 0 bridgehead atoms. The van der Waals surface area contributed by atoms with Gasteiger partial charge in [-0.3, -0.25) is 4.79 Å². The summed E-state index contributed by atoms with van der Waals surface area (Å²) in [5.74, 6) is 1.33. The highest BCUT2D eigenvalue weighted by Gasteiger charge is 2.17. The molecule has 0 atom stereocenters. The minimum Gasteiger partial charge on any atom is -0.454 e. The van der Waals surface area contributed by atoms with Crippen LogP contribution < -0.4 is 20.8 Å². The van der Waals surface area contributed by atoms with Gasteiger partial charge in [0.2, 0.25) is 6.79 Å². The van der Waals surface area contributed by atoms with Crippen molar-refractivity contribution in [3.8, 4) is 11.5 Å². The lowest BCUT2D eigenvalue weighted by Crippen LogP contribution is -2.19. The van der Waals surface area contributed by atoms with Crippen molar-refractivity contribution < 1.29 is 9.47 Å². The van der Waals surface area contributed by atoms with Crippen molar-refractivity contribution in [3.63, 3.8) is 0 Å². The summed E-state index contributed by atoms with van der Waals surface area (Å²) >= 11 is 6.08. The van der Waals surface area contributed by atoms with E-state index in [2.05, 4.69) is 5.10 Å². The SMILES string of the molecule is Cc1cc(N)n(/N=C\c2cc(Cl)c3c(c2)OCO3)c(=O)c1. The third-order valence-electron chi connectivity index (χ3n) is 2.95. The van der Waals surface area contributed by atoms with Gasteiger partial charge in [0.1, 0.15) is 5.82 Å². The van der Waals surface area contributed by atoms with Gasteiger partial charge in [0.15, 0.2) is 11.5 Å². The number of hydrogen-bond donors (Lipinski definition) is 1. The van der Waals surface area contributed by atoms with Crippen LogP contribution in [0, 0.1) is 6.92 Å². The molecule has 0 saturated heterocycles. The number of rotatable bonds is 2. The minimum atomic E-state index is -0.296. The molecule has 7 heteroatoms. The summed E-state index contributed by atoms with van der Waals surface area (Å²) in [7, 11) is 0. The standard InChI is InChI=1S/C14H12ClN3O3/c1-8-2-12(16)18(13(19)3-8)17-6-9-4-10(15)14-11(5-9)20-7-21-14/h2-6H,7,16H2,1H3/b17-6-. The van der Waals surface area contributed by atoms with Crippen LogP contribution in [-0.4, -0.2) is 17.7 Å². The first kappa shape index (κ1) is 13.5. The van der Waals surface area contributed by atoms with Crippen LogP contribution >= 0.6 is 11.6 Å². The molecule has 0 radical (unpaired) electrons. The lowest BCUT2D eigenvalue weighted by molar-refractivity contribution is 0.174. The molecule has 1 aliphatic heterocycles. The van der Waals surface area contributed by atoms with E-state index in [9.17, 15) is 4.79 Å². The average Bonchev–Trinajstić information content (AvgIpc) is 2.86. The first-order chi connectivity index (χ1) is 10.0. The molecule has 108 valence electrons. The predicted octanol–water partition coefficient (Wildman–Crippen LogP) is 2.00. The minimum absolute atomic E-state index is 0.139. The fraction of sp³-hybridized carbons (Fsp3) is 0.143. The van der Waals surface area contributed by atoms with E-state index in [4.69, 9.17) is 26.8 Å². The number of hydrogen-bond acceptors (Lipinski definition) is 5. The molecule has 2 N–H and O–H groups in total. The van der Waals surface area contributed by atoms with Crippen molar-refractivity contribution in [1.82, 2.24) is 4.68 Å². The molecule has 1 aromatic carbocycles. The van der Waals surface area contributed by atoms with Crippen LogP contribution in [0.4, 0.5) is 5.82 Å². The number of aryl methyl sites for hydroxylation is 1. The lowest BCUT2D eigenvalue weighted by Gasteiger charge is -2.04. The van der Waals surface area contributed by atoms with Gasteiger partial charge < -0.3 is 15.2 Å². The largest absolute Gasteiger partial charge is 0.454 e. The summed E-state index contributed by atoms with van der Waals surface area (Å²) in [6, 6.07) is 6.53. The molecule has 1 aromatic heterocycles. The number of ether oxygens (including phenoxy) is 2. The van der Waals surface area contributed by atoms with E-state index in [1.54, 1.807) is 25.1 Å². The molecule has 3 rings (SSSR count). The summed E-state index contributed by atoms with van der Waals surface area (Å²) in [6.07, 6.45) is 1.49. The smallest absolute Gasteiger partial charge is 0.273 e. The van der Waals surface area contributed by atoms with Crippen LogP contribution in [0.25, 0.3) is 0 Å². The topological polar surface area (TPSA) is 78.8 Å². The Kier molecular flexibility index (Phi) is 3.31. The van der Waals surface area contributed by atoms with Crippen LogP contribution in [0.3, 0.4) is 0 Å². The van der Waals surface area contributed by atoms with Crippen LogP contribution in [0.15, 0.2) is 34.2 Å². The lowest BCUT2D eigenvalue weighted by atomic mass is 10.2. The molecular formula is C14H12ClN3O3. The third-order valence-corrected chi connectivity index (χ3v) is 3.23. The Hall–Kier alpha value is -2.47. The summed E-state index contributed by atoms with van der Waals surface area (Å²) < 4.78 is 11.6. The van der Waals surface area contributed by atoms with Crippen molar-refractivity contribution in [2.24, 2.45) is 5.10 Å². The van der Waals surface area contributed by atoms with E-state index in [-0.39, 0.29) is 18.2 Å². The number of halogens is 1. The number of benzene rings is 1. The van der Waals surface area contributed by atoms with Crippen LogP contribution in [-0.2, 0) is 0 Å². The third kappa shape index (κ3) is 2.57. The number of fused-ring (bicyclic) bond motifs is 1. The van der Waals surface area contributed by atoms with Gasteiger partial charge in [-0.15, -0.1) is 0 Å². The van der Waals surface area contributed by atoms with Gasteiger partial charge in [0.05, 0.1) is 11.2 Å². The zero-order valence-electron chi connectivity index (χ0n) is 11.2. The molecule has 0 unspecified atom stereocenters. The molecule has 6 nitrogen and oxygen atoms in total. The van der Waals surface area contributed by atoms with Crippen LogP contribution in [0.1, 0.15) is 11.1 Å². The van der Waals surface area contributed by atoms with E-state index in [0.717, 1.165) is 10.2 Å². The van der Waals surface area contributed by atoms with E-state index >= 15 is 0 Å². The van der Waals surface area contributed by atoms with Gasteiger partial charge in [0, 0.05) is 6.07 Å². The normalized spacial score (nSPS) is 13.0. The number of aromatic nitrogens is 1. The fourth-order valence-electron chi connectivity index (χ4n) is 2.03. The van der Waals surface area contributed by atoms with E-state index in [1.165, 1.54) is 12.3 Å². The Morgan fingerprint density at radius 3 is 2.90 bits per heavy atom. The van der Waals surface area contributed by atoms with Crippen molar-refractivity contribution in [2.75, 3.05) is 12.5 Å². The Labute approximate surface area is 125 Å². The fourth-order valence-corrected chi connectivity index (χ4v) is 2.30. The maximum Gasteiger partial charge on any atom is 0.273 e. The first-order valence-corrected chi connectivity index (χ1v) is 6.55. The molecule has 0 fully saturated rings. The van der Waals surface area contributed by atoms with Gasteiger partial charge >= 0.3 is 0 Å². The van der Waals surface area contributed by atoms with Crippen molar-refractivity contribution in [1.29, 1.82) is 0 Å². The van der Waals surface area contributed by atoms with Crippen LogP contribution in [0.2, 0.25) is 5.02 Å². The highest BCUT2D eigenvalue weighted by Crippen LogP contribution is 2.39. The zero-order valence-corrected chi connectivity index (χ0v) is 11.9. The zero-order chi connectivity index (χ0) is 15.0. The second-order valence-electron chi connectivity index (χ2n) is 4.59. The number of anilines is 1. The molecule has 21 heavy (non-hydrogen) atoms. The Balaban J connectivity index is 1.98. The molecule has 0 aliphatic carbocycles. The average molecular weight is 306 g/mol. The van der Waals surface area contributed by atoms with E-state index in [0.29, 0.717) is 22.1 Å². The molecule has 0 spiro atoms. The quantitative estimate of drug-likeness (QED) is 0.861. The second-order valence-corrected chi connectivity index (χ2v) is 5.00. The highest BCUT2D eigenvalue weighted by atomic mass is 35.5. The van der Waals surface area contributed by atoms with Gasteiger partial charge in [0.25, 0.3) is 5.56 Å². The van der Waals surface area contributed by atoms with Crippen molar-refractivity contribution in [3.05, 3.63) is 50.8 Å². The second kappa shape index (κ2) is 5.14. The number of pyridine rings is 1. The van der Waals surface area contributed by atoms with Gasteiger partial charge in [-0.2, -0.15) is 9.78 Å². The predicted molar refractivity (Wildman–Crippen MR) is 80.4 cm³/mol.